The van der Waals surface area contributed by atoms with Crippen molar-refractivity contribution >= 4 is 45.9 Å². The number of nitrogens with one attached hydrogen (secondary N) is 2. The van der Waals surface area contributed by atoms with Crippen molar-refractivity contribution in [3.05, 3.63) is 39.0 Å². The number of H-pyrrole nitrogens is 1. The molecule has 0 aliphatic heterocycles. The first-order valence-electron chi connectivity index (χ1n) is 10.2. The van der Waals surface area contributed by atoms with Crippen LogP contribution in [0.4, 0.5) is 17.2 Å². The van der Waals surface area contributed by atoms with E-state index >= 15 is 0 Å². The number of hydrogen-bond donors (Lipinski definition) is 3. The van der Waals surface area contributed by atoms with Crippen LogP contribution in [0.3, 0.4) is 0 Å². The number of unbranched alkanes of at least 4 members (excludes halogenated alkanes) is 1. The number of nitrogens with zero attached hydrogens (tertiary/aromatic N) is 4. The van der Waals surface area contributed by atoms with Gasteiger partial charge in [0, 0.05) is 13.1 Å². The van der Waals surface area contributed by atoms with Crippen molar-refractivity contribution in [2.45, 2.75) is 40.2 Å². The van der Waals surface area contributed by atoms with Crippen molar-refractivity contribution in [3.63, 3.8) is 0 Å². The molecule has 0 aliphatic rings. The summed E-state index contributed by atoms with van der Waals surface area (Å²) in [5.41, 5.74) is 7.10. The summed E-state index contributed by atoms with van der Waals surface area (Å²) >= 11 is 1.07. The second-order valence-corrected chi connectivity index (χ2v) is 8.29. The summed E-state index contributed by atoms with van der Waals surface area (Å²) in [6, 6.07) is 5.36. The minimum Gasteiger partial charge on any atom is -0.383 e. The Balaban J connectivity index is 1.92. The first-order valence-corrected chi connectivity index (χ1v) is 10.9. The van der Waals surface area contributed by atoms with E-state index < -0.39 is 11.2 Å². The van der Waals surface area contributed by atoms with E-state index in [0.29, 0.717) is 29.8 Å². The average molecular weight is 446 g/mol. The fourth-order valence-corrected chi connectivity index (χ4v) is 3.87. The molecule has 166 valence electrons. The van der Waals surface area contributed by atoms with Crippen molar-refractivity contribution in [3.8, 4) is 0 Å². The topological polar surface area (TPSA) is 139 Å². The third-order valence-corrected chi connectivity index (χ3v) is 5.30. The molecule has 10 nitrogen and oxygen atoms in total. The Kier molecular flexibility index (Phi) is 7.06. The molecule has 0 atom stereocenters. The van der Waals surface area contributed by atoms with E-state index in [2.05, 4.69) is 19.0 Å². The Bertz CT molecular complexity index is 1180. The fourth-order valence-electron chi connectivity index (χ4n) is 3.32. The molecule has 0 spiro atoms. The van der Waals surface area contributed by atoms with Crippen LogP contribution in [-0.4, -0.2) is 37.3 Å². The Morgan fingerprint density at radius 1 is 1.32 bits per heavy atom. The second kappa shape index (κ2) is 9.73. The lowest BCUT2D eigenvalue weighted by Crippen LogP contribution is -2.42. The smallest absolute Gasteiger partial charge is 0.330 e. The van der Waals surface area contributed by atoms with Crippen LogP contribution in [0.25, 0.3) is 11.0 Å². The van der Waals surface area contributed by atoms with Gasteiger partial charge in [-0.05, 0) is 24.5 Å². The van der Waals surface area contributed by atoms with Crippen LogP contribution in [-0.2, 0) is 11.3 Å². The molecule has 0 radical (unpaired) electrons. The van der Waals surface area contributed by atoms with Crippen LogP contribution in [0.2, 0.25) is 0 Å². The highest BCUT2D eigenvalue weighted by Crippen LogP contribution is 2.22. The van der Waals surface area contributed by atoms with Gasteiger partial charge in [-0.3, -0.25) is 19.1 Å². The number of aromatic amines is 1. The fraction of sp³-hybridized carbons (Fsp3) is 0.450. The molecular weight excluding hydrogens is 418 g/mol. The van der Waals surface area contributed by atoms with Crippen molar-refractivity contribution in [1.82, 2.24) is 18.3 Å². The Morgan fingerprint density at radius 2 is 2.10 bits per heavy atom. The highest BCUT2D eigenvalue weighted by molar-refractivity contribution is 7.00. The quantitative estimate of drug-likeness (QED) is 0.458. The van der Waals surface area contributed by atoms with Crippen LogP contribution in [0.1, 0.15) is 33.6 Å². The molecule has 31 heavy (non-hydrogen) atoms. The molecule has 3 aromatic rings. The van der Waals surface area contributed by atoms with E-state index in [0.717, 1.165) is 24.6 Å². The largest absolute Gasteiger partial charge is 0.383 e. The second-order valence-electron chi connectivity index (χ2n) is 7.76. The van der Waals surface area contributed by atoms with Crippen LogP contribution in [0.15, 0.2) is 27.8 Å². The number of nitrogen functional groups attached to an aromatic ring is 1. The predicted molar refractivity (Wildman–Crippen MR) is 124 cm³/mol. The maximum absolute atomic E-state index is 12.9. The zero-order valence-corrected chi connectivity index (χ0v) is 18.7. The zero-order valence-electron chi connectivity index (χ0n) is 17.8. The molecular formula is C20H27N7O3S. The van der Waals surface area contributed by atoms with E-state index in [-0.39, 0.29) is 29.9 Å². The number of benzene rings is 1. The number of rotatable bonds is 9. The maximum atomic E-state index is 12.9. The molecule has 0 saturated heterocycles. The number of carbonyl (C=O) groups is 1. The molecule has 11 heteroatoms. The van der Waals surface area contributed by atoms with Crippen molar-refractivity contribution in [1.29, 1.82) is 0 Å². The van der Waals surface area contributed by atoms with Gasteiger partial charge in [0.2, 0.25) is 5.91 Å². The molecule has 2 aromatic heterocycles. The lowest BCUT2D eigenvalue weighted by Gasteiger charge is -2.26. The van der Waals surface area contributed by atoms with Gasteiger partial charge in [-0.15, -0.1) is 0 Å². The number of carbonyl (C=O) groups excluding carboxylic acids is 1. The van der Waals surface area contributed by atoms with E-state index in [4.69, 9.17) is 5.73 Å². The number of nitrogens with two attached hydrogens (primary N) is 1. The van der Waals surface area contributed by atoms with Gasteiger partial charge < -0.3 is 16.0 Å². The molecule has 0 fully saturated rings. The molecule has 0 bridgehead atoms. The van der Waals surface area contributed by atoms with Crippen LogP contribution in [0, 0.1) is 5.92 Å². The molecule has 1 amide bonds. The zero-order chi connectivity index (χ0) is 22.5. The van der Waals surface area contributed by atoms with Gasteiger partial charge in [0.1, 0.15) is 22.5 Å². The van der Waals surface area contributed by atoms with Gasteiger partial charge in [0.15, 0.2) is 0 Å². The predicted octanol–water partition coefficient (Wildman–Crippen LogP) is 2.02. The van der Waals surface area contributed by atoms with E-state index in [1.165, 1.54) is 4.57 Å². The third-order valence-electron chi connectivity index (χ3n) is 4.75. The minimum absolute atomic E-state index is 0.0668. The lowest BCUT2D eigenvalue weighted by molar-refractivity contribution is -0.115. The number of fused-ring (bicyclic) bond motifs is 1. The van der Waals surface area contributed by atoms with Gasteiger partial charge in [0.05, 0.1) is 24.0 Å². The SMILES string of the molecule is CCCCN(CC(=O)Nc1cccc2nsnc12)c1c(N)n(CC(C)C)c(=O)[nH]c1=O. The van der Waals surface area contributed by atoms with Gasteiger partial charge in [-0.2, -0.15) is 8.75 Å². The average Bonchev–Trinajstić information content (AvgIpc) is 3.18. The highest BCUT2D eigenvalue weighted by atomic mass is 32.1. The lowest BCUT2D eigenvalue weighted by atomic mass is 10.2. The summed E-state index contributed by atoms with van der Waals surface area (Å²) in [6.07, 6.45) is 1.62. The highest BCUT2D eigenvalue weighted by Gasteiger charge is 2.21. The van der Waals surface area contributed by atoms with Crippen LogP contribution in [0.5, 0.6) is 0 Å². The minimum atomic E-state index is -0.600. The summed E-state index contributed by atoms with van der Waals surface area (Å²) in [7, 11) is 0. The standard InChI is InChI=1S/C20H27N7O3S/c1-4-5-9-26(17-18(21)27(10-12(2)3)20(30)23-19(17)29)11-15(28)22-13-7-6-8-14-16(13)25-31-24-14/h6-8,12H,4-5,9-11,21H2,1-3H3,(H,22,28)(H,23,29,30). The van der Waals surface area contributed by atoms with Crippen molar-refractivity contribution in [2.24, 2.45) is 5.92 Å². The van der Waals surface area contributed by atoms with Crippen molar-refractivity contribution < 1.29 is 4.79 Å². The molecule has 0 unspecified atom stereocenters. The summed E-state index contributed by atoms with van der Waals surface area (Å²) in [6.45, 7) is 6.63. The monoisotopic (exact) mass is 445 g/mol. The third kappa shape index (κ3) is 5.10. The van der Waals surface area contributed by atoms with Crippen molar-refractivity contribution in [2.75, 3.05) is 29.0 Å². The molecule has 0 saturated carbocycles. The van der Waals surface area contributed by atoms with Gasteiger partial charge in [0.25, 0.3) is 5.56 Å². The molecule has 4 N–H and O–H groups in total. The Hall–Kier alpha value is -3.21. The van der Waals surface area contributed by atoms with Gasteiger partial charge in [-0.25, -0.2) is 4.79 Å². The normalized spacial score (nSPS) is 11.2. The molecule has 2 heterocycles. The number of amides is 1. The van der Waals surface area contributed by atoms with E-state index in [1.807, 2.05) is 26.8 Å². The first-order chi connectivity index (χ1) is 14.8. The molecule has 0 aliphatic carbocycles. The summed E-state index contributed by atoms with van der Waals surface area (Å²) in [5.74, 6) is -0.104. The van der Waals surface area contributed by atoms with Crippen LogP contribution < -0.4 is 27.2 Å². The summed E-state index contributed by atoms with van der Waals surface area (Å²) in [4.78, 5) is 41.7. The maximum Gasteiger partial charge on any atom is 0.330 e. The number of anilines is 3. The van der Waals surface area contributed by atoms with Gasteiger partial charge >= 0.3 is 5.69 Å². The van der Waals surface area contributed by atoms with E-state index in [9.17, 15) is 14.4 Å². The Labute approximate surface area is 183 Å². The summed E-state index contributed by atoms with van der Waals surface area (Å²) < 4.78 is 9.75. The van der Waals surface area contributed by atoms with Gasteiger partial charge in [-0.1, -0.05) is 33.3 Å². The Morgan fingerprint density at radius 3 is 2.81 bits per heavy atom. The molecule has 3 rings (SSSR count). The molecule has 1 aromatic carbocycles. The summed E-state index contributed by atoms with van der Waals surface area (Å²) in [5, 5.41) is 2.85. The van der Waals surface area contributed by atoms with E-state index in [1.54, 1.807) is 17.0 Å². The number of aromatic nitrogens is 4. The number of hydrogen-bond acceptors (Lipinski definition) is 8. The van der Waals surface area contributed by atoms with Crippen LogP contribution >= 0.6 is 11.7 Å². The first kappa shape index (κ1) is 22.5.